The Labute approximate surface area is 108 Å². The van der Waals surface area contributed by atoms with Crippen LogP contribution in [0.5, 0.6) is 0 Å². The molecule has 0 bridgehead atoms. The second kappa shape index (κ2) is 7.84. The maximum Gasteiger partial charge on any atom is 0.129 e. The van der Waals surface area contributed by atoms with E-state index in [1.165, 1.54) is 18.2 Å². The molecule has 0 aliphatic heterocycles. The average Bonchev–Trinajstić information content (AvgIpc) is 2.34. The van der Waals surface area contributed by atoms with Crippen LogP contribution in [0.15, 0.2) is 18.2 Å². The van der Waals surface area contributed by atoms with Crippen LogP contribution >= 0.6 is 0 Å². The zero-order chi connectivity index (χ0) is 13.4. The summed E-state index contributed by atoms with van der Waals surface area (Å²) >= 11 is 0. The van der Waals surface area contributed by atoms with Gasteiger partial charge in [-0.15, -0.1) is 11.8 Å². The lowest BCUT2D eigenvalue weighted by Gasteiger charge is -2.17. The minimum Gasteiger partial charge on any atom is -0.314 e. The molecule has 0 radical (unpaired) electrons. The van der Waals surface area contributed by atoms with E-state index in [1.807, 2.05) is 6.92 Å². The van der Waals surface area contributed by atoms with Crippen molar-refractivity contribution in [1.29, 1.82) is 0 Å². The van der Waals surface area contributed by atoms with Crippen molar-refractivity contribution in [2.75, 3.05) is 6.54 Å². The molecule has 1 aromatic rings. The lowest BCUT2D eigenvalue weighted by molar-refractivity contribution is 0.468. The van der Waals surface area contributed by atoms with Crippen LogP contribution < -0.4 is 5.32 Å². The first kappa shape index (κ1) is 14.7. The fraction of sp³-hybridized carbons (Fsp3) is 0.467. The molecule has 1 N–H and O–H groups in total. The first-order valence-electron chi connectivity index (χ1n) is 6.24. The summed E-state index contributed by atoms with van der Waals surface area (Å²) in [4.78, 5) is 0. The van der Waals surface area contributed by atoms with Gasteiger partial charge in [0.25, 0.3) is 0 Å². The Balaban J connectivity index is 2.71. The standard InChI is InChI=1S/C15H19F2N/c1-3-5-6-8-12(18-4-2)11-13-14(16)9-7-10-15(13)17/h7,9-10,12,18H,4,6,8,11H2,1-2H3. The molecule has 0 fully saturated rings. The van der Waals surface area contributed by atoms with Crippen molar-refractivity contribution in [1.82, 2.24) is 5.32 Å². The highest BCUT2D eigenvalue weighted by Gasteiger charge is 2.14. The Hall–Kier alpha value is -1.40. The van der Waals surface area contributed by atoms with Crippen molar-refractivity contribution >= 4 is 0 Å². The molecule has 1 nitrogen and oxygen atoms in total. The summed E-state index contributed by atoms with van der Waals surface area (Å²) in [6, 6.07) is 4.04. The number of hydrogen-bond acceptors (Lipinski definition) is 1. The number of rotatable bonds is 6. The van der Waals surface area contributed by atoms with Crippen molar-refractivity contribution in [3.8, 4) is 11.8 Å². The van der Waals surface area contributed by atoms with Crippen molar-refractivity contribution in [3.63, 3.8) is 0 Å². The molecule has 0 saturated carbocycles. The summed E-state index contributed by atoms with van der Waals surface area (Å²) in [5.74, 6) is 4.86. The van der Waals surface area contributed by atoms with Gasteiger partial charge in [-0.2, -0.15) is 0 Å². The SMILES string of the molecule is CC#CCCC(Cc1c(F)cccc1F)NCC. The Bertz CT molecular complexity index is 412. The van der Waals surface area contributed by atoms with E-state index in [2.05, 4.69) is 17.2 Å². The predicted molar refractivity (Wildman–Crippen MR) is 70.2 cm³/mol. The minimum atomic E-state index is -0.473. The van der Waals surface area contributed by atoms with E-state index in [1.54, 1.807) is 6.92 Å². The lowest BCUT2D eigenvalue weighted by Crippen LogP contribution is -2.31. The molecule has 1 aromatic carbocycles. The van der Waals surface area contributed by atoms with E-state index in [4.69, 9.17) is 0 Å². The van der Waals surface area contributed by atoms with E-state index in [0.717, 1.165) is 19.4 Å². The van der Waals surface area contributed by atoms with E-state index in [0.29, 0.717) is 6.42 Å². The fourth-order valence-electron chi connectivity index (χ4n) is 1.91. The molecular weight excluding hydrogens is 232 g/mol. The van der Waals surface area contributed by atoms with E-state index < -0.39 is 11.6 Å². The molecule has 0 aromatic heterocycles. The molecule has 0 heterocycles. The molecule has 0 spiro atoms. The first-order valence-corrected chi connectivity index (χ1v) is 6.24. The Morgan fingerprint density at radius 1 is 1.28 bits per heavy atom. The summed E-state index contributed by atoms with van der Waals surface area (Å²) in [6.45, 7) is 4.55. The van der Waals surface area contributed by atoms with Gasteiger partial charge in [0.05, 0.1) is 0 Å². The third kappa shape index (κ3) is 4.46. The minimum absolute atomic E-state index is 0.0576. The summed E-state index contributed by atoms with van der Waals surface area (Å²) in [6.07, 6.45) is 1.89. The molecule has 0 aliphatic carbocycles. The van der Waals surface area contributed by atoms with Crippen LogP contribution in [0.2, 0.25) is 0 Å². The second-order valence-electron chi connectivity index (χ2n) is 4.12. The fourth-order valence-corrected chi connectivity index (χ4v) is 1.91. The third-order valence-corrected chi connectivity index (χ3v) is 2.80. The van der Waals surface area contributed by atoms with Gasteiger partial charge < -0.3 is 5.32 Å². The van der Waals surface area contributed by atoms with Crippen LogP contribution in [0.1, 0.15) is 32.3 Å². The van der Waals surface area contributed by atoms with Gasteiger partial charge in [-0.1, -0.05) is 13.0 Å². The smallest absolute Gasteiger partial charge is 0.129 e. The molecule has 0 saturated heterocycles. The van der Waals surface area contributed by atoms with Gasteiger partial charge in [-0.3, -0.25) is 0 Å². The molecule has 3 heteroatoms. The largest absolute Gasteiger partial charge is 0.314 e. The van der Waals surface area contributed by atoms with E-state index in [-0.39, 0.29) is 11.6 Å². The van der Waals surface area contributed by atoms with Crippen molar-refractivity contribution in [2.24, 2.45) is 0 Å². The number of halogens is 2. The van der Waals surface area contributed by atoms with Crippen molar-refractivity contribution in [3.05, 3.63) is 35.4 Å². The average molecular weight is 251 g/mol. The van der Waals surface area contributed by atoms with Crippen LogP contribution in [0.25, 0.3) is 0 Å². The molecular formula is C15H19F2N. The quantitative estimate of drug-likeness (QED) is 0.765. The monoisotopic (exact) mass is 251 g/mol. The zero-order valence-corrected chi connectivity index (χ0v) is 10.9. The highest BCUT2D eigenvalue weighted by atomic mass is 19.1. The highest BCUT2D eigenvalue weighted by Crippen LogP contribution is 2.15. The molecule has 1 rings (SSSR count). The molecule has 0 amide bonds. The van der Waals surface area contributed by atoms with Gasteiger partial charge in [0.1, 0.15) is 11.6 Å². The van der Waals surface area contributed by atoms with Crippen LogP contribution in [0.4, 0.5) is 8.78 Å². The van der Waals surface area contributed by atoms with Crippen LogP contribution in [0, 0.1) is 23.5 Å². The zero-order valence-electron chi connectivity index (χ0n) is 10.9. The Morgan fingerprint density at radius 2 is 1.94 bits per heavy atom. The third-order valence-electron chi connectivity index (χ3n) is 2.80. The summed E-state index contributed by atoms with van der Waals surface area (Å²) in [5.41, 5.74) is 0.160. The predicted octanol–water partition coefficient (Wildman–Crippen LogP) is 3.29. The number of nitrogens with one attached hydrogen (secondary N) is 1. The van der Waals surface area contributed by atoms with Crippen LogP contribution in [-0.2, 0) is 6.42 Å². The summed E-state index contributed by atoms with van der Waals surface area (Å²) < 4.78 is 27.1. The summed E-state index contributed by atoms with van der Waals surface area (Å²) in [5, 5.41) is 3.24. The first-order chi connectivity index (χ1) is 8.69. The maximum absolute atomic E-state index is 13.5. The van der Waals surface area contributed by atoms with Gasteiger partial charge in [0, 0.05) is 18.0 Å². The van der Waals surface area contributed by atoms with E-state index in [9.17, 15) is 8.78 Å². The van der Waals surface area contributed by atoms with Crippen LogP contribution in [0.3, 0.4) is 0 Å². The molecule has 0 aliphatic rings. The topological polar surface area (TPSA) is 12.0 Å². The van der Waals surface area contributed by atoms with Crippen LogP contribution in [-0.4, -0.2) is 12.6 Å². The van der Waals surface area contributed by atoms with E-state index >= 15 is 0 Å². The highest BCUT2D eigenvalue weighted by molar-refractivity contribution is 5.20. The lowest BCUT2D eigenvalue weighted by atomic mass is 10.0. The van der Waals surface area contributed by atoms with Gasteiger partial charge in [-0.05, 0) is 38.4 Å². The Kier molecular flexibility index (Phi) is 6.38. The van der Waals surface area contributed by atoms with Gasteiger partial charge in [-0.25, -0.2) is 8.78 Å². The maximum atomic E-state index is 13.5. The molecule has 1 atom stereocenters. The number of likely N-dealkylation sites (N-methyl/N-ethyl adjacent to an activating group) is 1. The Morgan fingerprint density at radius 3 is 2.50 bits per heavy atom. The van der Waals surface area contributed by atoms with Gasteiger partial charge >= 0.3 is 0 Å². The van der Waals surface area contributed by atoms with Gasteiger partial charge in [0.2, 0.25) is 0 Å². The summed E-state index contributed by atoms with van der Waals surface area (Å²) in [7, 11) is 0. The number of benzene rings is 1. The second-order valence-corrected chi connectivity index (χ2v) is 4.12. The van der Waals surface area contributed by atoms with Crippen molar-refractivity contribution < 1.29 is 8.78 Å². The molecule has 98 valence electrons. The normalized spacial score (nSPS) is 11.8. The van der Waals surface area contributed by atoms with Gasteiger partial charge in [0.15, 0.2) is 0 Å². The van der Waals surface area contributed by atoms with Crippen molar-refractivity contribution in [2.45, 2.75) is 39.2 Å². The molecule has 1 unspecified atom stereocenters. The molecule has 18 heavy (non-hydrogen) atoms. The number of hydrogen-bond donors (Lipinski definition) is 1.